The number of fused-ring (bicyclic) bond motifs is 2. The molecule has 138 valence electrons. The molecule has 0 spiro atoms. The number of imidazole rings is 1. The van der Waals surface area contributed by atoms with Crippen molar-refractivity contribution in [3.05, 3.63) is 77.7 Å². The van der Waals surface area contributed by atoms with E-state index in [-0.39, 0.29) is 0 Å². The molecular weight excluding hydrogens is 346 g/mol. The van der Waals surface area contributed by atoms with Gasteiger partial charge in [-0.05, 0) is 41.3 Å². The molecule has 0 aliphatic carbocycles. The Morgan fingerprint density at radius 3 is 2.86 bits per heavy atom. The second-order valence-corrected chi connectivity index (χ2v) is 7.09. The summed E-state index contributed by atoms with van der Waals surface area (Å²) >= 11 is 0. The molecule has 28 heavy (non-hydrogen) atoms. The van der Waals surface area contributed by atoms with Crippen molar-refractivity contribution in [2.75, 3.05) is 5.32 Å². The smallest absolute Gasteiger partial charge is 0.180 e. The van der Waals surface area contributed by atoms with E-state index in [4.69, 9.17) is 4.98 Å². The molecule has 0 saturated carbocycles. The van der Waals surface area contributed by atoms with Crippen molar-refractivity contribution in [2.45, 2.75) is 26.3 Å². The molecule has 0 saturated heterocycles. The third-order valence-corrected chi connectivity index (χ3v) is 5.06. The summed E-state index contributed by atoms with van der Waals surface area (Å²) in [6, 6.07) is 14.9. The molecule has 4 aromatic rings. The summed E-state index contributed by atoms with van der Waals surface area (Å²) < 4.78 is 2.01. The van der Waals surface area contributed by atoms with Gasteiger partial charge >= 0.3 is 0 Å². The lowest BCUT2D eigenvalue weighted by Crippen LogP contribution is -2.01. The van der Waals surface area contributed by atoms with Crippen LogP contribution in [0.5, 0.6) is 0 Å². The maximum absolute atomic E-state index is 4.89. The van der Waals surface area contributed by atoms with Gasteiger partial charge in [0, 0.05) is 36.1 Å². The average Bonchev–Trinajstić information content (AvgIpc) is 3.38. The van der Waals surface area contributed by atoms with Crippen molar-refractivity contribution in [2.24, 2.45) is 4.99 Å². The molecule has 1 N–H and O–H groups in total. The maximum atomic E-state index is 4.89. The van der Waals surface area contributed by atoms with Crippen LogP contribution in [0.15, 0.2) is 66.0 Å². The highest BCUT2D eigenvalue weighted by molar-refractivity contribution is 5.86. The first kappa shape index (κ1) is 16.7. The lowest BCUT2D eigenvalue weighted by molar-refractivity contribution is 0.922. The maximum Gasteiger partial charge on any atom is 0.180 e. The molecule has 2 aromatic heterocycles. The van der Waals surface area contributed by atoms with E-state index in [2.05, 4.69) is 64.7 Å². The SMILES string of the molecule is CCCc1ccc(Nc2nc(-c3ccc4c(c3)CN=C4)cn3ccnc23)cc1. The summed E-state index contributed by atoms with van der Waals surface area (Å²) in [6.45, 7) is 2.94. The van der Waals surface area contributed by atoms with Crippen LogP contribution in [0, 0.1) is 0 Å². The Labute approximate surface area is 163 Å². The van der Waals surface area contributed by atoms with E-state index in [1.54, 1.807) is 6.20 Å². The number of hydrogen-bond acceptors (Lipinski definition) is 4. The van der Waals surface area contributed by atoms with Gasteiger partial charge in [0.05, 0.1) is 12.2 Å². The molecule has 0 fully saturated rings. The Bertz CT molecular complexity index is 1170. The van der Waals surface area contributed by atoms with E-state index in [1.165, 1.54) is 16.7 Å². The Kier molecular flexibility index (Phi) is 4.13. The molecule has 0 amide bonds. The van der Waals surface area contributed by atoms with E-state index in [0.717, 1.165) is 47.8 Å². The van der Waals surface area contributed by atoms with Crippen molar-refractivity contribution in [3.8, 4) is 11.3 Å². The molecule has 2 aromatic carbocycles. The summed E-state index contributed by atoms with van der Waals surface area (Å²) in [4.78, 5) is 13.7. The Morgan fingerprint density at radius 1 is 1.11 bits per heavy atom. The quantitative estimate of drug-likeness (QED) is 0.538. The van der Waals surface area contributed by atoms with Crippen LogP contribution >= 0.6 is 0 Å². The zero-order valence-corrected chi connectivity index (χ0v) is 15.8. The number of benzene rings is 2. The fourth-order valence-corrected chi connectivity index (χ4v) is 3.61. The number of aryl methyl sites for hydroxylation is 1. The first-order chi connectivity index (χ1) is 13.8. The fraction of sp³-hybridized carbons (Fsp3) is 0.174. The Morgan fingerprint density at radius 2 is 2.00 bits per heavy atom. The highest BCUT2D eigenvalue weighted by atomic mass is 15.1. The molecule has 0 radical (unpaired) electrons. The number of aromatic nitrogens is 3. The largest absolute Gasteiger partial charge is 0.337 e. The van der Waals surface area contributed by atoms with Gasteiger partial charge in [-0.3, -0.25) is 4.99 Å². The molecule has 0 atom stereocenters. The van der Waals surface area contributed by atoms with Gasteiger partial charge in [0.1, 0.15) is 0 Å². The highest BCUT2D eigenvalue weighted by Gasteiger charge is 2.12. The van der Waals surface area contributed by atoms with Crippen LogP contribution in [-0.2, 0) is 13.0 Å². The van der Waals surface area contributed by atoms with Crippen LogP contribution in [0.1, 0.15) is 30.0 Å². The van der Waals surface area contributed by atoms with E-state index < -0.39 is 0 Å². The Balaban J connectivity index is 1.52. The van der Waals surface area contributed by atoms with E-state index in [0.29, 0.717) is 0 Å². The third-order valence-electron chi connectivity index (χ3n) is 5.06. The molecular formula is C23H21N5. The summed E-state index contributed by atoms with van der Waals surface area (Å²) in [7, 11) is 0. The van der Waals surface area contributed by atoms with Gasteiger partial charge in [-0.1, -0.05) is 37.6 Å². The lowest BCUT2D eigenvalue weighted by atomic mass is 10.0. The zero-order chi connectivity index (χ0) is 18.9. The highest BCUT2D eigenvalue weighted by Crippen LogP contribution is 2.27. The number of rotatable bonds is 5. The van der Waals surface area contributed by atoms with Gasteiger partial charge in [0.2, 0.25) is 0 Å². The predicted octanol–water partition coefficient (Wildman–Crippen LogP) is 5.02. The van der Waals surface area contributed by atoms with Crippen LogP contribution in [0.25, 0.3) is 16.9 Å². The fourth-order valence-electron chi connectivity index (χ4n) is 3.61. The first-order valence-corrected chi connectivity index (χ1v) is 9.63. The average molecular weight is 367 g/mol. The minimum atomic E-state index is 0.742. The van der Waals surface area contributed by atoms with Gasteiger partial charge in [-0.15, -0.1) is 0 Å². The van der Waals surface area contributed by atoms with Gasteiger partial charge in [-0.25, -0.2) is 9.97 Å². The minimum Gasteiger partial charge on any atom is -0.337 e. The number of nitrogens with zero attached hydrogens (tertiary/aromatic N) is 4. The van der Waals surface area contributed by atoms with Crippen LogP contribution < -0.4 is 5.32 Å². The van der Waals surface area contributed by atoms with Crippen molar-refractivity contribution in [3.63, 3.8) is 0 Å². The molecule has 0 unspecified atom stereocenters. The number of aliphatic imine (C=N–C) groups is 1. The third kappa shape index (κ3) is 3.05. The molecule has 1 aliphatic heterocycles. The van der Waals surface area contributed by atoms with Crippen molar-refractivity contribution in [1.29, 1.82) is 0 Å². The topological polar surface area (TPSA) is 54.6 Å². The zero-order valence-electron chi connectivity index (χ0n) is 15.8. The minimum absolute atomic E-state index is 0.742. The molecule has 3 heterocycles. The lowest BCUT2D eigenvalue weighted by Gasteiger charge is -2.11. The molecule has 5 nitrogen and oxygen atoms in total. The number of nitrogens with one attached hydrogen (secondary N) is 1. The van der Waals surface area contributed by atoms with E-state index in [9.17, 15) is 0 Å². The summed E-state index contributed by atoms with van der Waals surface area (Å²) in [5.74, 6) is 0.752. The van der Waals surface area contributed by atoms with Gasteiger partial charge in [0.25, 0.3) is 0 Å². The molecule has 0 bridgehead atoms. The second kappa shape index (κ2) is 6.93. The standard InChI is InChI=1S/C23H21N5/c1-2-3-16-4-8-20(9-5-16)26-22-23-25-10-11-28(23)15-21(27-22)17-6-7-18-13-24-14-19(18)12-17/h4-13,15H,2-3,14H2,1H3,(H,26,27). The molecule has 5 heteroatoms. The number of hydrogen-bond donors (Lipinski definition) is 1. The van der Waals surface area contributed by atoms with Crippen molar-refractivity contribution >= 4 is 23.4 Å². The first-order valence-electron chi connectivity index (χ1n) is 9.63. The summed E-state index contributed by atoms with van der Waals surface area (Å²) in [5, 5.41) is 3.45. The second-order valence-electron chi connectivity index (χ2n) is 7.09. The van der Waals surface area contributed by atoms with Crippen molar-refractivity contribution in [1.82, 2.24) is 14.4 Å². The van der Waals surface area contributed by atoms with E-state index in [1.807, 2.05) is 23.0 Å². The van der Waals surface area contributed by atoms with Crippen molar-refractivity contribution < 1.29 is 0 Å². The van der Waals surface area contributed by atoms with Crippen LogP contribution in [0.3, 0.4) is 0 Å². The normalized spacial score (nSPS) is 12.5. The van der Waals surface area contributed by atoms with Gasteiger partial charge in [-0.2, -0.15) is 0 Å². The molecule has 5 rings (SSSR count). The van der Waals surface area contributed by atoms with Crippen LogP contribution in [-0.4, -0.2) is 20.6 Å². The Hall–Kier alpha value is -3.47. The molecule has 1 aliphatic rings. The summed E-state index contributed by atoms with van der Waals surface area (Å²) in [6.07, 6.45) is 9.95. The van der Waals surface area contributed by atoms with Gasteiger partial charge < -0.3 is 9.72 Å². The van der Waals surface area contributed by atoms with Crippen LogP contribution in [0.4, 0.5) is 11.5 Å². The monoisotopic (exact) mass is 367 g/mol. The number of anilines is 2. The van der Waals surface area contributed by atoms with Crippen LogP contribution in [0.2, 0.25) is 0 Å². The van der Waals surface area contributed by atoms with E-state index >= 15 is 0 Å². The summed E-state index contributed by atoms with van der Waals surface area (Å²) in [5.41, 5.74) is 7.60. The predicted molar refractivity (Wildman–Crippen MR) is 113 cm³/mol. The van der Waals surface area contributed by atoms with Gasteiger partial charge in [0.15, 0.2) is 11.5 Å².